The number of nitrogens with one attached hydrogen (secondary N) is 1. The van der Waals surface area contributed by atoms with Crippen LogP contribution in [0.2, 0.25) is 0 Å². The van der Waals surface area contributed by atoms with Crippen molar-refractivity contribution in [3.05, 3.63) is 59.2 Å². The number of benzene rings is 2. The zero-order chi connectivity index (χ0) is 14.8. The summed E-state index contributed by atoms with van der Waals surface area (Å²) in [4.78, 5) is 2.29. The Bertz CT molecular complexity index is 629. The summed E-state index contributed by atoms with van der Waals surface area (Å²) in [7, 11) is 2.15. The van der Waals surface area contributed by atoms with Gasteiger partial charge in [0.2, 0.25) is 0 Å². The predicted octanol–water partition coefficient (Wildman–Crippen LogP) is 4.32. The van der Waals surface area contributed by atoms with Gasteiger partial charge >= 0.3 is 0 Å². The molecule has 0 saturated heterocycles. The first kappa shape index (κ1) is 14.2. The van der Waals surface area contributed by atoms with Crippen molar-refractivity contribution < 1.29 is 0 Å². The summed E-state index contributed by atoms with van der Waals surface area (Å²) >= 11 is 0. The molecule has 0 amide bonds. The highest BCUT2D eigenvalue weighted by Gasteiger charge is 2.21. The number of rotatable bonds is 5. The predicted molar refractivity (Wildman–Crippen MR) is 90.3 cm³/mol. The summed E-state index contributed by atoms with van der Waals surface area (Å²) in [5.41, 5.74) is 6.53. The number of anilines is 2. The van der Waals surface area contributed by atoms with Crippen LogP contribution in [0.4, 0.5) is 11.4 Å². The van der Waals surface area contributed by atoms with Gasteiger partial charge in [-0.2, -0.15) is 0 Å². The molecule has 1 fully saturated rings. The highest BCUT2D eigenvalue weighted by molar-refractivity contribution is 5.66. The molecule has 2 aromatic carbocycles. The van der Waals surface area contributed by atoms with Crippen LogP contribution in [-0.2, 0) is 6.54 Å². The standard InChI is InChI=1S/C19H24N2/c1-14-5-4-6-18(12-14)21(3)19-10-7-15(2)11-16(19)13-20-17-8-9-17/h4-7,10-12,17,20H,8-9,13H2,1-3H3. The summed E-state index contributed by atoms with van der Waals surface area (Å²) in [6.45, 7) is 5.26. The zero-order valence-electron chi connectivity index (χ0n) is 13.2. The molecule has 110 valence electrons. The molecule has 0 bridgehead atoms. The van der Waals surface area contributed by atoms with Gasteiger partial charge in [-0.1, -0.05) is 29.8 Å². The van der Waals surface area contributed by atoms with Crippen molar-refractivity contribution in [1.82, 2.24) is 5.32 Å². The lowest BCUT2D eigenvalue weighted by Crippen LogP contribution is -2.19. The topological polar surface area (TPSA) is 15.3 Å². The SMILES string of the molecule is Cc1cccc(N(C)c2ccc(C)cc2CNC2CC2)c1. The molecule has 2 nitrogen and oxygen atoms in total. The summed E-state index contributed by atoms with van der Waals surface area (Å²) in [6, 6.07) is 16.1. The van der Waals surface area contributed by atoms with E-state index in [0.717, 1.165) is 12.6 Å². The minimum atomic E-state index is 0.739. The summed E-state index contributed by atoms with van der Waals surface area (Å²) in [6.07, 6.45) is 2.66. The maximum atomic E-state index is 3.63. The molecule has 0 aromatic heterocycles. The van der Waals surface area contributed by atoms with Crippen molar-refractivity contribution in [2.45, 2.75) is 39.3 Å². The van der Waals surface area contributed by atoms with E-state index in [1.54, 1.807) is 0 Å². The largest absolute Gasteiger partial charge is 0.344 e. The van der Waals surface area contributed by atoms with Gasteiger partial charge in [-0.25, -0.2) is 0 Å². The van der Waals surface area contributed by atoms with E-state index < -0.39 is 0 Å². The maximum Gasteiger partial charge on any atom is 0.0453 e. The first-order chi connectivity index (χ1) is 10.1. The van der Waals surface area contributed by atoms with Crippen LogP contribution in [-0.4, -0.2) is 13.1 Å². The van der Waals surface area contributed by atoms with Crippen molar-refractivity contribution in [2.75, 3.05) is 11.9 Å². The van der Waals surface area contributed by atoms with Crippen LogP contribution in [0.1, 0.15) is 29.5 Å². The Morgan fingerprint density at radius 2 is 1.81 bits per heavy atom. The van der Waals surface area contributed by atoms with E-state index in [9.17, 15) is 0 Å². The molecule has 2 aromatic rings. The first-order valence-corrected chi connectivity index (χ1v) is 7.77. The third-order valence-electron chi connectivity index (χ3n) is 4.14. The normalized spacial score (nSPS) is 14.2. The second-order valence-electron chi connectivity index (χ2n) is 6.19. The number of hydrogen-bond donors (Lipinski definition) is 1. The van der Waals surface area contributed by atoms with E-state index in [2.05, 4.69) is 73.6 Å². The molecular formula is C19H24N2. The van der Waals surface area contributed by atoms with Crippen LogP contribution in [0.5, 0.6) is 0 Å². The van der Waals surface area contributed by atoms with Gasteiger partial charge in [-0.3, -0.25) is 0 Å². The lowest BCUT2D eigenvalue weighted by molar-refractivity contribution is 0.687. The fourth-order valence-electron chi connectivity index (χ4n) is 2.70. The molecule has 0 aliphatic heterocycles. The average Bonchev–Trinajstić information content (AvgIpc) is 3.29. The number of nitrogens with zero attached hydrogens (tertiary/aromatic N) is 1. The Morgan fingerprint density at radius 3 is 2.52 bits per heavy atom. The molecule has 0 atom stereocenters. The lowest BCUT2D eigenvalue weighted by atomic mass is 10.1. The van der Waals surface area contributed by atoms with Crippen LogP contribution in [0.15, 0.2) is 42.5 Å². The smallest absolute Gasteiger partial charge is 0.0453 e. The Labute approximate surface area is 127 Å². The van der Waals surface area contributed by atoms with Gasteiger partial charge in [0.1, 0.15) is 0 Å². The van der Waals surface area contributed by atoms with E-state index in [-0.39, 0.29) is 0 Å². The fraction of sp³-hybridized carbons (Fsp3) is 0.368. The summed E-state index contributed by atoms with van der Waals surface area (Å²) in [5, 5.41) is 3.63. The Kier molecular flexibility index (Phi) is 3.98. The molecule has 0 heterocycles. The molecule has 1 aliphatic carbocycles. The Morgan fingerprint density at radius 1 is 1.05 bits per heavy atom. The average molecular weight is 280 g/mol. The molecule has 21 heavy (non-hydrogen) atoms. The highest BCUT2D eigenvalue weighted by Crippen LogP contribution is 2.29. The van der Waals surface area contributed by atoms with E-state index in [1.807, 2.05) is 0 Å². The van der Waals surface area contributed by atoms with Gasteiger partial charge in [0.05, 0.1) is 0 Å². The van der Waals surface area contributed by atoms with Crippen molar-refractivity contribution >= 4 is 11.4 Å². The third kappa shape index (κ3) is 3.45. The number of aryl methyl sites for hydroxylation is 2. The summed E-state index contributed by atoms with van der Waals surface area (Å²) in [5.74, 6) is 0. The van der Waals surface area contributed by atoms with Gasteiger partial charge in [-0.05, 0) is 56.0 Å². The van der Waals surface area contributed by atoms with Gasteiger partial charge in [0.25, 0.3) is 0 Å². The summed E-state index contributed by atoms with van der Waals surface area (Å²) < 4.78 is 0. The van der Waals surface area contributed by atoms with Gasteiger partial charge in [0.15, 0.2) is 0 Å². The van der Waals surface area contributed by atoms with Gasteiger partial charge < -0.3 is 10.2 Å². The van der Waals surface area contributed by atoms with E-state index in [1.165, 1.54) is 40.9 Å². The van der Waals surface area contributed by atoms with E-state index in [0.29, 0.717) is 0 Å². The van der Waals surface area contributed by atoms with Gasteiger partial charge in [0, 0.05) is 31.0 Å². The zero-order valence-corrected chi connectivity index (χ0v) is 13.2. The van der Waals surface area contributed by atoms with E-state index in [4.69, 9.17) is 0 Å². The molecule has 1 N–H and O–H groups in total. The van der Waals surface area contributed by atoms with Crippen LogP contribution in [0, 0.1) is 13.8 Å². The number of hydrogen-bond acceptors (Lipinski definition) is 2. The lowest BCUT2D eigenvalue weighted by Gasteiger charge is -2.24. The highest BCUT2D eigenvalue weighted by atomic mass is 15.1. The minimum Gasteiger partial charge on any atom is -0.344 e. The monoisotopic (exact) mass is 280 g/mol. The Balaban J connectivity index is 1.88. The first-order valence-electron chi connectivity index (χ1n) is 7.77. The molecule has 2 heteroatoms. The van der Waals surface area contributed by atoms with Crippen LogP contribution in [0.25, 0.3) is 0 Å². The van der Waals surface area contributed by atoms with E-state index >= 15 is 0 Å². The molecule has 0 spiro atoms. The minimum absolute atomic E-state index is 0.739. The molecule has 0 unspecified atom stereocenters. The molecule has 1 aliphatic rings. The van der Waals surface area contributed by atoms with Crippen molar-refractivity contribution in [3.8, 4) is 0 Å². The molecular weight excluding hydrogens is 256 g/mol. The molecule has 3 rings (SSSR count). The third-order valence-corrected chi connectivity index (χ3v) is 4.14. The van der Waals surface area contributed by atoms with Crippen LogP contribution >= 0.6 is 0 Å². The van der Waals surface area contributed by atoms with Crippen LogP contribution in [0.3, 0.4) is 0 Å². The maximum absolute atomic E-state index is 3.63. The molecule has 1 saturated carbocycles. The van der Waals surface area contributed by atoms with Gasteiger partial charge in [-0.15, -0.1) is 0 Å². The Hall–Kier alpha value is -1.80. The molecule has 0 radical (unpaired) electrons. The van der Waals surface area contributed by atoms with Crippen molar-refractivity contribution in [2.24, 2.45) is 0 Å². The quantitative estimate of drug-likeness (QED) is 0.877. The van der Waals surface area contributed by atoms with Crippen molar-refractivity contribution in [1.29, 1.82) is 0 Å². The van der Waals surface area contributed by atoms with Crippen molar-refractivity contribution in [3.63, 3.8) is 0 Å². The second kappa shape index (κ2) is 5.90. The second-order valence-corrected chi connectivity index (χ2v) is 6.19. The fourth-order valence-corrected chi connectivity index (χ4v) is 2.70. The van der Waals surface area contributed by atoms with Crippen LogP contribution < -0.4 is 10.2 Å².